The van der Waals surface area contributed by atoms with Crippen LogP contribution >= 0.6 is 22.7 Å². The molecule has 7 aromatic carbocycles. The van der Waals surface area contributed by atoms with Crippen LogP contribution in [0.3, 0.4) is 0 Å². The van der Waals surface area contributed by atoms with E-state index in [4.69, 9.17) is 22.1 Å². The van der Waals surface area contributed by atoms with E-state index < -0.39 is 0 Å². The lowest BCUT2D eigenvalue weighted by Gasteiger charge is -2.09. The quantitative estimate of drug-likeness (QED) is 0.184. The summed E-state index contributed by atoms with van der Waals surface area (Å²) < 4.78 is 65.1. The van der Waals surface area contributed by atoms with Gasteiger partial charge >= 0.3 is 0 Å². The second-order valence-corrected chi connectivity index (χ2v) is 14.3. The number of para-hydroxylation sites is 1. The summed E-state index contributed by atoms with van der Waals surface area (Å²) >= 11 is 2.87. The Morgan fingerprint density at radius 3 is 2.10 bits per heavy atom. The Bertz CT molecular complexity index is 3510. The van der Waals surface area contributed by atoms with Crippen LogP contribution in [0.1, 0.15) is 8.22 Å². The molecule has 0 spiro atoms. The summed E-state index contributed by atoms with van der Waals surface area (Å²) in [6.07, 6.45) is 0. The number of benzene rings is 7. The van der Waals surface area contributed by atoms with Crippen LogP contribution in [-0.2, 0) is 0 Å². The molecule has 0 bridgehead atoms. The fraction of sp³-hybridized carbons (Fsp3) is 0. The van der Waals surface area contributed by atoms with Gasteiger partial charge < -0.3 is 4.42 Å². The number of nitrogens with zero attached hydrogens (tertiary/aromatic N) is 3. The summed E-state index contributed by atoms with van der Waals surface area (Å²) in [6, 6.07) is 35.7. The van der Waals surface area contributed by atoms with Gasteiger partial charge in [0.25, 0.3) is 0 Å². The molecule has 51 heavy (non-hydrogen) atoms. The van der Waals surface area contributed by atoms with Crippen molar-refractivity contribution in [2.24, 2.45) is 0 Å². The second-order valence-electron chi connectivity index (χ2n) is 12.2. The first-order valence-corrected chi connectivity index (χ1v) is 18.0. The first-order chi connectivity index (χ1) is 27.8. The summed E-state index contributed by atoms with van der Waals surface area (Å²) in [5, 5.41) is 4.19. The van der Waals surface area contributed by atoms with Crippen molar-refractivity contribution in [3.63, 3.8) is 0 Å². The summed E-state index contributed by atoms with van der Waals surface area (Å²) in [5.74, 6) is 0.827. The lowest BCUT2D eigenvalue weighted by atomic mass is 9.98. The number of hydrogen-bond acceptors (Lipinski definition) is 6. The number of rotatable bonds is 4. The van der Waals surface area contributed by atoms with Crippen molar-refractivity contribution in [2.45, 2.75) is 0 Å². The molecular weight excluding hydrogens is 663 g/mol. The molecule has 0 aliphatic carbocycles. The molecule has 0 amide bonds. The maximum Gasteiger partial charge on any atom is 0.164 e. The zero-order valence-corrected chi connectivity index (χ0v) is 28.2. The molecule has 0 saturated carbocycles. The topological polar surface area (TPSA) is 51.8 Å². The summed E-state index contributed by atoms with van der Waals surface area (Å²) in [4.78, 5) is 14.8. The molecule has 11 aromatic rings. The average molecular weight is 694 g/mol. The normalized spacial score (nSPS) is 13.6. The summed E-state index contributed by atoms with van der Waals surface area (Å²) in [7, 11) is 0. The van der Waals surface area contributed by atoms with Crippen molar-refractivity contribution in [2.75, 3.05) is 0 Å². The Kier molecular flexibility index (Phi) is 5.08. The predicted molar refractivity (Wildman–Crippen MR) is 215 cm³/mol. The third-order valence-corrected chi connectivity index (χ3v) is 11.5. The maximum absolute atomic E-state index is 9.72. The fourth-order valence-corrected chi connectivity index (χ4v) is 9.25. The van der Waals surface area contributed by atoms with Gasteiger partial charge in [-0.1, -0.05) is 121 Å². The van der Waals surface area contributed by atoms with Gasteiger partial charge in [-0.2, -0.15) is 0 Å². The molecule has 4 heterocycles. The molecular formula is C45H25N3OS2. The SMILES string of the molecule is [2H]c1c([2H])c([2H])c2c(sc3c([2H])c(-c4nc(-c5ccccc5)nc(-c5cccc6sc7ccccc7c56)n4)c([2H])c([2H])c32)c1-c1cccc2oc3ccccc3c12. The molecule has 0 saturated heterocycles. The molecule has 0 atom stereocenters. The minimum atomic E-state index is -0.298. The molecule has 0 aliphatic rings. The largest absolute Gasteiger partial charge is 0.456 e. The van der Waals surface area contributed by atoms with Crippen molar-refractivity contribution < 1.29 is 12.6 Å². The maximum atomic E-state index is 9.72. The van der Waals surface area contributed by atoms with Crippen LogP contribution in [0.5, 0.6) is 0 Å². The molecule has 238 valence electrons. The van der Waals surface area contributed by atoms with Crippen molar-refractivity contribution in [1.29, 1.82) is 0 Å². The number of fused-ring (bicyclic) bond motifs is 9. The van der Waals surface area contributed by atoms with Crippen LogP contribution < -0.4 is 0 Å². The Morgan fingerprint density at radius 1 is 0.451 bits per heavy atom. The number of hydrogen-bond donors (Lipinski definition) is 0. The van der Waals surface area contributed by atoms with Gasteiger partial charge in [-0.3, -0.25) is 0 Å². The van der Waals surface area contributed by atoms with Crippen molar-refractivity contribution in [1.82, 2.24) is 15.0 Å². The van der Waals surface area contributed by atoms with Crippen LogP contribution in [0.4, 0.5) is 0 Å². The van der Waals surface area contributed by atoms with E-state index in [9.17, 15) is 5.48 Å². The van der Waals surface area contributed by atoms with Crippen molar-refractivity contribution >= 4 is 85.0 Å². The lowest BCUT2D eigenvalue weighted by molar-refractivity contribution is 0.669. The van der Waals surface area contributed by atoms with Gasteiger partial charge in [0.05, 0.1) is 8.22 Å². The summed E-state index contributed by atoms with van der Waals surface area (Å²) in [6.45, 7) is 0. The first-order valence-electron chi connectivity index (χ1n) is 19.4. The van der Waals surface area contributed by atoms with Crippen LogP contribution in [0.25, 0.3) is 108 Å². The van der Waals surface area contributed by atoms with Gasteiger partial charge in [0.2, 0.25) is 0 Å². The van der Waals surface area contributed by atoms with Crippen LogP contribution in [-0.4, -0.2) is 15.0 Å². The predicted octanol–water partition coefficient (Wildman–Crippen LogP) is 13.2. The fourth-order valence-electron chi connectivity index (χ4n) is 6.99. The Labute approximate surface area is 308 Å². The van der Waals surface area contributed by atoms with Crippen molar-refractivity contribution in [3.05, 3.63) is 152 Å². The molecule has 6 heteroatoms. The minimum absolute atomic E-state index is 0.0652. The first kappa shape index (κ1) is 23.2. The highest BCUT2D eigenvalue weighted by Crippen LogP contribution is 2.45. The summed E-state index contributed by atoms with van der Waals surface area (Å²) in [5.41, 5.74) is 3.95. The van der Waals surface area contributed by atoms with E-state index in [0.29, 0.717) is 43.3 Å². The molecule has 4 nitrogen and oxygen atoms in total. The minimum Gasteiger partial charge on any atom is -0.456 e. The monoisotopic (exact) mass is 693 g/mol. The molecule has 0 aliphatic heterocycles. The smallest absolute Gasteiger partial charge is 0.164 e. The average Bonchev–Trinajstić information content (AvgIpc) is 3.95. The van der Waals surface area contributed by atoms with E-state index >= 15 is 0 Å². The van der Waals surface area contributed by atoms with E-state index in [2.05, 4.69) is 18.2 Å². The number of thiophene rings is 2. The molecule has 0 fully saturated rings. The van der Waals surface area contributed by atoms with Crippen LogP contribution in [0.2, 0.25) is 0 Å². The van der Waals surface area contributed by atoms with E-state index in [1.54, 1.807) is 11.3 Å². The van der Waals surface area contributed by atoms with Gasteiger partial charge in [0.15, 0.2) is 17.5 Å². The third-order valence-electron chi connectivity index (χ3n) is 9.27. The highest BCUT2D eigenvalue weighted by molar-refractivity contribution is 7.26. The Morgan fingerprint density at radius 2 is 1.18 bits per heavy atom. The molecule has 0 radical (unpaired) electrons. The van der Waals surface area contributed by atoms with E-state index in [-0.39, 0.29) is 58.4 Å². The third kappa shape index (κ3) is 4.47. The van der Waals surface area contributed by atoms with Crippen LogP contribution in [0.15, 0.2) is 156 Å². The van der Waals surface area contributed by atoms with Gasteiger partial charge in [-0.25, -0.2) is 15.0 Å². The lowest BCUT2D eigenvalue weighted by Crippen LogP contribution is -2.00. The number of furan rings is 1. The standard InChI is InChI=1S/C45H25N3OS2/c1-2-11-26(12-3-1)43-46-44(48-45(47-43)34-18-10-22-38-41(34)33-14-5-7-21-37(33)50-38)27-23-24-28-30-16-8-17-31(42(30)51-39(28)25-27)29-15-9-20-36-40(29)32-13-4-6-19-35(32)49-36/h1-25H/i8D,16D,17D,23D,24D,25D. The highest BCUT2D eigenvalue weighted by Gasteiger charge is 2.19. The van der Waals surface area contributed by atoms with E-state index in [0.717, 1.165) is 42.1 Å². The zero-order chi connectivity index (χ0) is 38.7. The Balaban J connectivity index is 1.21. The Hall–Kier alpha value is -6.21. The van der Waals surface area contributed by atoms with E-state index in [1.807, 2.05) is 97.1 Å². The van der Waals surface area contributed by atoms with Gasteiger partial charge in [-0.15, -0.1) is 22.7 Å². The van der Waals surface area contributed by atoms with Gasteiger partial charge in [-0.05, 0) is 35.9 Å². The van der Waals surface area contributed by atoms with Gasteiger partial charge in [0, 0.05) is 73.4 Å². The zero-order valence-electron chi connectivity index (χ0n) is 32.5. The molecule has 0 N–H and O–H groups in total. The molecule has 0 unspecified atom stereocenters. The van der Waals surface area contributed by atoms with Crippen molar-refractivity contribution in [3.8, 4) is 45.3 Å². The molecule has 11 rings (SSSR count). The second kappa shape index (κ2) is 11.2. The number of aromatic nitrogens is 3. The molecule has 4 aromatic heterocycles. The van der Waals surface area contributed by atoms with Crippen LogP contribution in [0, 0.1) is 0 Å². The van der Waals surface area contributed by atoms with Gasteiger partial charge in [0.1, 0.15) is 11.2 Å². The van der Waals surface area contributed by atoms with E-state index in [1.165, 1.54) is 11.3 Å². The highest BCUT2D eigenvalue weighted by atomic mass is 32.1.